The predicted molar refractivity (Wildman–Crippen MR) is 84.1 cm³/mol. The lowest BCUT2D eigenvalue weighted by Crippen LogP contribution is -2.39. The summed E-state index contributed by atoms with van der Waals surface area (Å²) in [5.74, 6) is 0. The summed E-state index contributed by atoms with van der Waals surface area (Å²) in [6, 6.07) is 0.551. The third kappa shape index (κ3) is 3.02. The van der Waals surface area contributed by atoms with Crippen LogP contribution < -0.4 is 0 Å². The maximum atomic E-state index is 4.44. The van der Waals surface area contributed by atoms with E-state index < -0.39 is 0 Å². The SMILES string of the molecule is Cc1nn(C)cc1-c1cncn1C[C@H](C)N1CCCCC1. The lowest BCUT2D eigenvalue weighted by molar-refractivity contribution is 0.160. The number of rotatable bonds is 4. The van der Waals surface area contributed by atoms with E-state index in [-0.39, 0.29) is 0 Å². The molecule has 1 atom stereocenters. The zero-order valence-corrected chi connectivity index (χ0v) is 13.3. The summed E-state index contributed by atoms with van der Waals surface area (Å²) in [7, 11) is 1.97. The second kappa shape index (κ2) is 6.02. The van der Waals surface area contributed by atoms with Gasteiger partial charge in [-0.2, -0.15) is 5.10 Å². The fourth-order valence-corrected chi connectivity index (χ4v) is 3.30. The first kappa shape index (κ1) is 14.3. The van der Waals surface area contributed by atoms with E-state index in [9.17, 15) is 0 Å². The molecule has 21 heavy (non-hydrogen) atoms. The summed E-state index contributed by atoms with van der Waals surface area (Å²) in [4.78, 5) is 6.96. The standard InChI is InChI=1S/C16H25N5/c1-13(20-7-5-4-6-8-20)10-21-12-17-9-16(21)15-11-19(3)18-14(15)2/h9,11-13H,4-8,10H2,1-3H3/t13-/m0/s1. The number of likely N-dealkylation sites (tertiary alicyclic amines) is 1. The summed E-state index contributed by atoms with van der Waals surface area (Å²) in [6.45, 7) is 7.84. The Hall–Kier alpha value is -1.62. The van der Waals surface area contributed by atoms with E-state index in [4.69, 9.17) is 0 Å². The smallest absolute Gasteiger partial charge is 0.0951 e. The molecule has 114 valence electrons. The summed E-state index contributed by atoms with van der Waals surface area (Å²) in [5, 5.41) is 4.44. The Morgan fingerprint density at radius 1 is 1.24 bits per heavy atom. The van der Waals surface area contributed by atoms with Gasteiger partial charge in [0.25, 0.3) is 0 Å². The van der Waals surface area contributed by atoms with Crippen molar-refractivity contribution in [3.05, 3.63) is 24.4 Å². The van der Waals surface area contributed by atoms with Crippen molar-refractivity contribution in [1.29, 1.82) is 0 Å². The van der Waals surface area contributed by atoms with Gasteiger partial charge in [-0.25, -0.2) is 4.98 Å². The van der Waals surface area contributed by atoms with Crippen molar-refractivity contribution in [2.24, 2.45) is 7.05 Å². The van der Waals surface area contributed by atoms with Gasteiger partial charge in [0.1, 0.15) is 0 Å². The quantitative estimate of drug-likeness (QED) is 0.867. The molecule has 0 unspecified atom stereocenters. The number of imidazole rings is 1. The van der Waals surface area contributed by atoms with Crippen molar-refractivity contribution in [3.63, 3.8) is 0 Å². The Morgan fingerprint density at radius 2 is 2.00 bits per heavy atom. The van der Waals surface area contributed by atoms with Gasteiger partial charge in [0, 0.05) is 31.4 Å². The van der Waals surface area contributed by atoms with Gasteiger partial charge in [-0.15, -0.1) is 0 Å². The van der Waals surface area contributed by atoms with Crippen molar-refractivity contribution in [1.82, 2.24) is 24.2 Å². The molecule has 1 fully saturated rings. The van der Waals surface area contributed by atoms with Gasteiger partial charge in [0.15, 0.2) is 0 Å². The Labute approximate surface area is 126 Å². The van der Waals surface area contributed by atoms with Crippen LogP contribution in [-0.4, -0.2) is 43.4 Å². The first-order chi connectivity index (χ1) is 10.1. The molecule has 5 heteroatoms. The second-order valence-corrected chi connectivity index (χ2v) is 6.18. The number of piperidine rings is 1. The summed E-state index contributed by atoms with van der Waals surface area (Å²) < 4.78 is 4.14. The van der Waals surface area contributed by atoms with Gasteiger partial charge in [-0.1, -0.05) is 6.42 Å². The van der Waals surface area contributed by atoms with Gasteiger partial charge < -0.3 is 4.57 Å². The van der Waals surface area contributed by atoms with E-state index in [0.717, 1.165) is 12.2 Å². The minimum Gasteiger partial charge on any atom is -0.329 e. The second-order valence-electron chi connectivity index (χ2n) is 6.18. The van der Waals surface area contributed by atoms with Crippen molar-refractivity contribution in [2.75, 3.05) is 13.1 Å². The number of aromatic nitrogens is 4. The molecule has 0 saturated carbocycles. The fourth-order valence-electron chi connectivity index (χ4n) is 3.30. The van der Waals surface area contributed by atoms with E-state index >= 15 is 0 Å². The van der Waals surface area contributed by atoms with Crippen LogP contribution in [-0.2, 0) is 13.6 Å². The number of aryl methyl sites for hydroxylation is 2. The monoisotopic (exact) mass is 287 g/mol. The van der Waals surface area contributed by atoms with Gasteiger partial charge >= 0.3 is 0 Å². The molecule has 2 aromatic rings. The molecule has 0 radical (unpaired) electrons. The maximum absolute atomic E-state index is 4.44. The maximum Gasteiger partial charge on any atom is 0.0951 e. The highest BCUT2D eigenvalue weighted by Crippen LogP contribution is 2.23. The first-order valence-corrected chi connectivity index (χ1v) is 7.90. The third-order valence-corrected chi connectivity index (χ3v) is 4.48. The fraction of sp³-hybridized carbons (Fsp3) is 0.625. The van der Waals surface area contributed by atoms with Crippen LogP contribution in [0.4, 0.5) is 0 Å². The number of hydrogen-bond acceptors (Lipinski definition) is 3. The first-order valence-electron chi connectivity index (χ1n) is 7.90. The molecule has 3 rings (SSSR count). The molecule has 0 spiro atoms. The Balaban J connectivity index is 1.77. The zero-order valence-electron chi connectivity index (χ0n) is 13.3. The molecule has 0 aromatic carbocycles. The number of nitrogens with zero attached hydrogens (tertiary/aromatic N) is 5. The van der Waals surface area contributed by atoms with Crippen LogP contribution in [0.5, 0.6) is 0 Å². The number of hydrogen-bond donors (Lipinski definition) is 0. The molecule has 3 heterocycles. The molecule has 0 N–H and O–H groups in total. The predicted octanol–water partition coefficient (Wildman–Crippen LogP) is 2.47. The van der Waals surface area contributed by atoms with Crippen molar-refractivity contribution >= 4 is 0 Å². The van der Waals surface area contributed by atoms with Gasteiger partial charge in [0.05, 0.1) is 23.9 Å². The minimum absolute atomic E-state index is 0.551. The van der Waals surface area contributed by atoms with Crippen molar-refractivity contribution in [3.8, 4) is 11.3 Å². The van der Waals surface area contributed by atoms with Gasteiger partial charge in [-0.05, 0) is 39.8 Å². The van der Waals surface area contributed by atoms with Crippen LogP contribution >= 0.6 is 0 Å². The largest absolute Gasteiger partial charge is 0.329 e. The van der Waals surface area contributed by atoms with E-state index in [1.165, 1.54) is 43.6 Å². The molecule has 0 amide bonds. The highest BCUT2D eigenvalue weighted by atomic mass is 15.3. The molecule has 0 bridgehead atoms. The summed E-state index contributed by atoms with van der Waals surface area (Å²) in [6.07, 6.45) is 10.0. The molecule has 1 saturated heterocycles. The molecule has 5 nitrogen and oxygen atoms in total. The Morgan fingerprint density at radius 3 is 2.67 bits per heavy atom. The van der Waals surface area contributed by atoms with E-state index in [0.29, 0.717) is 6.04 Å². The minimum atomic E-state index is 0.551. The van der Waals surface area contributed by atoms with Crippen LogP contribution in [0.2, 0.25) is 0 Å². The molecule has 1 aliphatic rings. The molecular weight excluding hydrogens is 262 g/mol. The zero-order chi connectivity index (χ0) is 14.8. The van der Waals surface area contributed by atoms with Gasteiger partial charge in [-0.3, -0.25) is 9.58 Å². The van der Waals surface area contributed by atoms with Crippen LogP contribution in [0.3, 0.4) is 0 Å². The molecule has 2 aromatic heterocycles. The summed E-state index contributed by atoms with van der Waals surface area (Å²) >= 11 is 0. The highest BCUT2D eigenvalue weighted by Gasteiger charge is 2.19. The van der Waals surface area contributed by atoms with Gasteiger partial charge in [0.2, 0.25) is 0 Å². The Kier molecular flexibility index (Phi) is 4.10. The van der Waals surface area contributed by atoms with Crippen LogP contribution in [0, 0.1) is 6.92 Å². The van der Waals surface area contributed by atoms with Crippen LogP contribution in [0.1, 0.15) is 31.9 Å². The highest BCUT2D eigenvalue weighted by molar-refractivity contribution is 5.60. The Bertz CT molecular complexity index is 592. The van der Waals surface area contributed by atoms with Crippen molar-refractivity contribution < 1.29 is 0 Å². The lowest BCUT2D eigenvalue weighted by Gasteiger charge is -2.32. The van der Waals surface area contributed by atoms with Crippen LogP contribution in [0.15, 0.2) is 18.7 Å². The topological polar surface area (TPSA) is 38.9 Å². The average molecular weight is 287 g/mol. The van der Waals surface area contributed by atoms with E-state index in [2.05, 4.69) is 39.6 Å². The van der Waals surface area contributed by atoms with Crippen LogP contribution in [0.25, 0.3) is 11.3 Å². The molecule has 1 aliphatic heterocycles. The lowest BCUT2D eigenvalue weighted by atomic mass is 10.1. The van der Waals surface area contributed by atoms with E-state index in [1.54, 1.807) is 0 Å². The summed E-state index contributed by atoms with van der Waals surface area (Å²) in [5.41, 5.74) is 3.41. The van der Waals surface area contributed by atoms with Crippen molar-refractivity contribution in [2.45, 2.75) is 45.7 Å². The molecule has 0 aliphatic carbocycles. The molecular formula is C16H25N5. The average Bonchev–Trinajstić information content (AvgIpc) is 3.05. The van der Waals surface area contributed by atoms with E-state index in [1.807, 2.05) is 24.3 Å². The third-order valence-electron chi connectivity index (χ3n) is 4.48. The normalized spacial score (nSPS) is 18.0.